The Kier molecular flexibility index (Phi) is 7.05. The second-order valence-electron chi connectivity index (χ2n) is 6.89. The molecule has 160 valence electrons. The van der Waals surface area contributed by atoms with Crippen LogP contribution in [0.15, 0.2) is 30.6 Å². The fourth-order valence-electron chi connectivity index (χ4n) is 3.47. The monoisotopic (exact) mass is 413 g/mol. The summed E-state index contributed by atoms with van der Waals surface area (Å²) >= 11 is 0. The van der Waals surface area contributed by atoms with E-state index >= 15 is 0 Å². The van der Waals surface area contributed by atoms with Crippen molar-refractivity contribution < 1.29 is 19.1 Å². The lowest BCUT2D eigenvalue weighted by Gasteiger charge is -2.33. The maximum atomic E-state index is 12.2. The summed E-state index contributed by atoms with van der Waals surface area (Å²) in [4.78, 5) is 34.9. The number of ether oxygens (including phenoxy) is 2. The van der Waals surface area contributed by atoms with Crippen LogP contribution in [0.1, 0.15) is 37.0 Å². The van der Waals surface area contributed by atoms with E-state index in [1.807, 2.05) is 4.90 Å². The van der Waals surface area contributed by atoms with Crippen molar-refractivity contribution in [2.24, 2.45) is 5.92 Å². The number of nitrogens with zero attached hydrogens (tertiary/aromatic N) is 3. The number of anilines is 4. The van der Waals surface area contributed by atoms with Crippen LogP contribution in [0, 0.1) is 5.92 Å². The minimum atomic E-state index is -0.429. The van der Waals surface area contributed by atoms with E-state index in [1.54, 1.807) is 38.1 Å². The fraction of sp³-hybridized carbons (Fsp3) is 0.429. The first-order valence-corrected chi connectivity index (χ1v) is 10.1. The maximum absolute atomic E-state index is 12.2. The minimum Gasteiger partial charge on any atom is -0.466 e. The fourth-order valence-corrected chi connectivity index (χ4v) is 3.47. The van der Waals surface area contributed by atoms with Gasteiger partial charge in [0, 0.05) is 13.1 Å². The molecule has 0 aliphatic carbocycles. The van der Waals surface area contributed by atoms with Crippen LogP contribution in [-0.4, -0.2) is 48.2 Å². The summed E-state index contributed by atoms with van der Waals surface area (Å²) in [5, 5.41) is 3.12. The molecule has 1 aromatic carbocycles. The average molecular weight is 413 g/mol. The van der Waals surface area contributed by atoms with Crippen LogP contribution in [-0.2, 0) is 14.3 Å². The summed E-state index contributed by atoms with van der Waals surface area (Å²) in [5.74, 6) is 0.0948. The number of para-hydroxylation sites is 1. The lowest BCUT2D eigenvalue weighted by molar-refractivity contribution is -0.148. The molecular formula is C21H27N5O4. The lowest BCUT2D eigenvalue weighted by Crippen LogP contribution is -2.40. The van der Waals surface area contributed by atoms with Crippen molar-refractivity contribution >= 4 is 34.9 Å². The highest BCUT2D eigenvalue weighted by molar-refractivity contribution is 5.97. The van der Waals surface area contributed by atoms with E-state index in [4.69, 9.17) is 15.2 Å². The smallest absolute Gasteiger partial charge is 0.340 e. The van der Waals surface area contributed by atoms with Crippen molar-refractivity contribution in [3.63, 3.8) is 0 Å². The van der Waals surface area contributed by atoms with E-state index in [0.717, 1.165) is 19.4 Å². The third kappa shape index (κ3) is 4.79. The van der Waals surface area contributed by atoms with Gasteiger partial charge in [-0.2, -0.15) is 0 Å². The molecule has 1 fully saturated rings. The highest BCUT2D eigenvalue weighted by atomic mass is 16.5. The molecule has 1 saturated heterocycles. The summed E-state index contributed by atoms with van der Waals surface area (Å²) in [6, 6.07) is 6.99. The SMILES string of the molecule is CCOC(=O)c1ccccc1Nc1ncnc(N2CCCC(C(=O)OCC)C2)c1N. The summed E-state index contributed by atoms with van der Waals surface area (Å²) in [6.07, 6.45) is 3.02. The van der Waals surface area contributed by atoms with Crippen molar-refractivity contribution in [3.05, 3.63) is 36.2 Å². The molecule has 30 heavy (non-hydrogen) atoms. The number of hydrogen-bond donors (Lipinski definition) is 2. The van der Waals surface area contributed by atoms with Gasteiger partial charge in [-0.3, -0.25) is 4.79 Å². The van der Waals surface area contributed by atoms with Crippen LogP contribution in [0.5, 0.6) is 0 Å². The normalized spacial score (nSPS) is 16.1. The first-order valence-electron chi connectivity index (χ1n) is 10.1. The van der Waals surface area contributed by atoms with Crippen molar-refractivity contribution in [2.75, 3.05) is 42.3 Å². The molecule has 1 atom stereocenters. The standard InChI is InChI=1S/C21H27N5O4/c1-3-29-20(27)14-8-7-11-26(12-14)19-17(22)18(23-13-24-19)25-16-10-6-5-9-15(16)21(28)30-4-2/h5-6,9-10,13-14H,3-4,7-8,11-12,22H2,1-2H3,(H,23,24,25). The topological polar surface area (TPSA) is 120 Å². The Balaban J connectivity index is 1.83. The molecule has 3 rings (SSSR count). The van der Waals surface area contributed by atoms with E-state index in [1.165, 1.54) is 6.33 Å². The van der Waals surface area contributed by atoms with Crippen LogP contribution >= 0.6 is 0 Å². The van der Waals surface area contributed by atoms with Gasteiger partial charge in [0.1, 0.15) is 12.0 Å². The molecule has 9 nitrogen and oxygen atoms in total. The highest BCUT2D eigenvalue weighted by Crippen LogP contribution is 2.32. The average Bonchev–Trinajstić information content (AvgIpc) is 2.76. The zero-order chi connectivity index (χ0) is 21.5. The summed E-state index contributed by atoms with van der Waals surface area (Å²) in [6.45, 7) is 5.41. The van der Waals surface area contributed by atoms with E-state index < -0.39 is 5.97 Å². The number of piperidine rings is 1. The zero-order valence-corrected chi connectivity index (χ0v) is 17.3. The van der Waals surface area contributed by atoms with Gasteiger partial charge in [0.15, 0.2) is 11.6 Å². The zero-order valence-electron chi connectivity index (χ0n) is 17.3. The number of hydrogen-bond acceptors (Lipinski definition) is 9. The van der Waals surface area contributed by atoms with E-state index in [9.17, 15) is 9.59 Å². The molecule has 2 aromatic rings. The summed E-state index contributed by atoms with van der Waals surface area (Å²) in [7, 11) is 0. The maximum Gasteiger partial charge on any atom is 0.340 e. The molecule has 0 spiro atoms. The first kappa shape index (κ1) is 21.4. The van der Waals surface area contributed by atoms with Crippen LogP contribution in [0.25, 0.3) is 0 Å². The van der Waals surface area contributed by atoms with Gasteiger partial charge in [0.05, 0.1) is 30.4 Å². The number of aromatic nitrogens is 2. The van der Waals surface area contributed by atoms with E-state index in [2.05, 4.69) is 15.3 Å². The molecule has 2 heterocycles. The molecule has 3 N–H and O–H groups in total. The number of nitrogen functional groups attached to an aromatic ring is 1. The van der Waals surface area contributed by atoms with Gasteiger partial charge >= 0.3 is 11.9 Å². The molecule has 1 aliphatic heterocycles. The van der Waals surface area contributed by atoms with E-state index in [0.29, 0.717) is 41.7 Å². The second-order valence-corrected chi connectivity index (χ2v) is 6.89. The Morgan fingerprint density at radius 1 is 1.20 bits per heavy atom. The number of nitrogens with one attached hydrogen (secondary N) is 1. The quantitative estimate of drug-likeness (QED) is 0.660. The lowest BCUT2D eigenvalue weighted by atomic mass is 9.98. The van der Waals surface area contributed by atoms with Crippen molar-refractivity contribution in [1.29, 1.82) is 0 Å². The molecular weight excluding hydrogens is 386 g/mol. The van der Waals surface area contributed by atoms with Gasteiger partial charge in [-0.25, -0.2) is 14.8 Å². The van der Waals surface area contributed by atoms with Crippen molar-refractivity contribution in [1.82, 2.24) is 9.97 Å². The van der Waals surface area contributed by atoms with Crippen LogP contribution < -0.4 is 16.0 Å². The number of benzene rings is 1. The van der Waals surface area contributed by atoms with Crippen molar-refractivity contribution in [3.8, 4) is 0 Å². The molecule has 1 aliphatic rings. The Labute approximate surface area is 175 Å². The predicted octanol–water partition coefficient (Wildman–Crippen LogP) is 2.76. The number of esters is 2. The number of rotatable bonds is 7. The Morgan fingerprint density at radius 3 is 2.73 bits per heavy atom. The van der Waals surface area contributed by atoms with E-state index in [-0.39, 0.29) is 18.5 Å². The van der Waals surface area contributed by atoms with Gasteiger partial charge in [-0.15, -0.1) is 0 Å². The molecule has 0 amide bonds. The number of carbonyl (C=O) groups is 2. The van der Waals surface area contributed by atoms with Gasteiger partial charge < -0.3 is 25.4 Å². The van der Waals surface area contributed by atoms with Crippen LogP contribution in [0.3, 0.4) is 0 Å². The Hall–Kier alpha value is -3.36. The first-order chi connectivity index (χ1) is 14.5. The third-order valence-corrected chi connectivity index (χ3v) is 4.88. The van der Waals surface area contributed by atoms with Gasteiger partial charge in [-0.1, -0.05) is 12.1 Å². The van der Waals surface area contributed by atoms with Gasteiger partial charge in [-0.05, 0) is 38.8 Å². The summed E-state index contributed by atoms with van der Waals surface area (Å²) < 4.78 is 10.3. The molecule has 1 unspecified atom stereocenters. The van der Waals surface area contributed by atoms with Gasteiger partial charge in [0.25, 0.3) is 0 Å². The number of nitrogens with two attached hydrogens (primary N) is 1. The molecule has 0 radical (unpaired) electrons. The molecule has 0 saturated carbocycles. The third-order valence-electron chi connectivity index (χ3n) is 4.88. The number of carbonyl (C=O) groups excluding carboxylic acids is 2. The van der Waals surface area contributed by atoms with Crippen molar-refractivity contribution in [2.45, 2.75) is 26.7 Å². The largest absolute Gasteiger partial charge is 0.466 e. The highest BCUT2D eigenvalue weighted by Gasteiger charge is 2.29. The van der Waals surface area contributed by atoms with Crippen LogP contribution in [0.2, 0.25) is 0 Å². The Bertz CT molecular complexity index is 905. The van der Waals surface area contributed by atoms with Crippen LogP contribution in [0.4, 0.5) is 23.0 Å². The minimum absolute atomic E-state index is 0.198. The second kappa shape index (κ2) is 9.91. The molecule has 1 aromatic heterocycles. The summed E-state index contributed by atoms with van der Waals surface area (Å²) in [5.41, 5.74) is 7.64. The molecule has 0 bridgehead atoms. The molecule has 9 heteroatoms. The Morgan fingerprint density at radius 2 is 1.97 bits per heavy atom. The predicted molar refractivity (Wildman–Crippen MR) is 114 cm³/mol. The van der Waals surface area contributed by atoms with Gasteiger partial charge in [0.2, 0.25) is 0 Å².